The second-order valence-corrected chi connectivity index (χ2v) is 6.49. The normalized spacial score (nSPS) is 16.1. The van der Waals surface area contributed by atoms with Crippen molar-refractivity contribution in [2.75, 3.05) is 6.54 Å². The molecule has 26 heavy (non-hydrogen) atoms. The van der Waals surface area contributed by atoms with Crippen molar-refractivity contribution in [2.24, 2.45) is 0 Å². The minimum atomic E-state index is -0.999. The van der Waals surface area contributed by atoms with E-state index in [0.717, 1.165) is 5.56 Å². The van der Waals surface area contributed by atoms with Gasteiger partial charge in [-0.1, -0.05) is 24.3 Å². The minimum Gasteiger partial charge on any atom is -0.481 e. The summed E-state index contributed by atoms with van der Waals surface area (Å²) in [6.45, 7) is 3.65. The molecular weight excluding hydrogens is 336 g/mol. The van der Waals surface area contributed by atoms with Gasteiger partial charge in [-0.3, -0.25) is 19.7 Å². The summed E-state index contributed by atoms with van der Waals surface area (Å²) in [6, 6.07) is 10.0. The Kier molecular flexibility index (Phi) is 4.46. The van der Waals surface area contributed by atoms with Crippen LogP contribution >= 0.6 is 0 Å². The van der Waals surface area contributed by atoms with Crippen LogP contribution in [0.3, 0.4) is 0 Å². The van der Waals surface area contributed by atoms with E-state index in [1.807, 2.05) is 0 Å². The molecule has 2 aromatic rings. The van der Waals surface area contributed by atoms with Gasteiger partial charge in [0.15, 0.2) is 0 Å². The molecule has 0 fully saturated rings. The summed E-state index contributed by atoms with van der Waals surface area (Å²) in [5, 5.41) is 20.7. The first-order chi connectivity index (χ1) is 12.3. The lowest BCUT2D eigenvalue weighted by Gasteiger charge is -2.33. The van der Waals surface area contributed by atoms with Crippen LogP contribution in [-0.2, 0) is 11.3 Å². The molecule has 1 atom stereocenters. The molecule has 0 saturated heterocycles. The van der Waals surface area contributed by atoms with Crippen LogP contribution < -0.4 is 0 Å². The van der Waals surface area contributed by atoms with Gasteiger partial charge in [0.2, 0.25) is 0 Å². The molecule has 0 saturated carbocycles. The maximum absolute atomic E-state index is 13.0. The zero-order valence-electron chi connectivity index (χ0n) is 14.4. The molecule has 2 aromatic carbocycles. The molecule has 1 unspecified atom stereocenters. The summed E-state index contributed by atoms with van der Waals surface area (Å²) in [6.07, 6.45) is 0. The molecule has 134 valence electrons. The average molecular weight is 354 g/mol. The number of nitro groups is 1. The van der Waals surface area contributed by atoms with Crippen LogP contribution in [-0.4, -0.2) is 33.4 Å². The van der Waals surface area contributed by atoms with Crippen molar-refractivity contribution < 1.29 is 19.6 Å². The number of hydrogen-bond acceptors (Lipinski definition) is 4. The maximum atomic E-state index is 13.0. The van der Waals surface area contributed by atoms with Crippen LogP contribution in [0.4, 0.5) is 5.69 Å². The Morgan fingerprint density at radius 3 is 2.54 bits per heavy atom. The molecule has 0 spiro atoms. The van der Waals surface area contributed by atoms with Crippen LogP contribution in [0.2, 0.25) is 0 Å². The summed E-state index contributed by atoms with van der Waals surface area (Å²) in [5.41, 5.74) is 2.70. The highest BCUT2D eigenvalue weighted by Gasteiger charge is 2.33. The minimum absolute atomic E-state index is 0.0340. The predicted molar refractivity (Wildman–Crippen MR) is 94.1 cm³/mol. The molecule has 0 bridgehead atoms. The number of nitrogens with zero attached hydrogens (tertiary/aromatic N) is 2. The highest BCUT2D eigenvalue weighted by Crippen LogP contribution is 2.31. The molecule has 0 aliphatic carbocycles. The number of carbonyl (C=O) groups excluding carboxylic acids is 1. The molecule has 1 heterocycles. The summed E-state index contributed by atoms with van der Waals surface area (Å²) in [5.74, 6) is -2.21. The van der Waals surface area contributed by atoms with Gasteiger partial charge in [0, 0.05) is 30.3 Å². The van der Waals surface area contributed by atoms with Crippen molar-refractivity contribution in [3.63, 3.8) is 0 Å². The number of fused-ring (bicyclic) bond motifs is 1. The number of hydrogen-bond donors (Lipinski definition) is 1. The number of carboxylic acid groups (broad SMARTS) is 1. The number of benzene rings is 2. The monoisotopic (exact) mass is 354 g/mol. The Morgan fingerprint density at radius 1 is 1.19 bits per heavy atom. The number of aliphatic carboxylic acids is 1. The SMILES string of the molecule is Cc1cc(C)c([N+](=O)[O-])cc1C(=O)N1Cc2ccccc2C(C(=O)O)C1. The van der Waals surface area contributed by atoms with E-state index in [1.165, 1.54) is 11.0 Å². The number of carboxylic acids is 1. The summed E-state index contributed by atoms with van der Waals surface area (Å²) in [7, 11) is 0. The van der Waals surface area contributed by atoms with E-state index in [1.54, 1.807) is 44.2 Å². The fourth-order valence-electron chi connectivity index (χ4n) is 3.41. The van der Waals surface area contributed by atoms with Crippen LogP contribution in [0.1, 0.15) is 38.5 Å². The van der Waals surface area contributed by atoms with E-state index in [4.69, 9.17) is 0 Å². The molecule has 1 aliphatic rings. The third-order valence-corrected chi connectivity index (χ3v) is 4.75. The van der Waals surface area contributed by atoms with Gasteiger partial charge in [-0.25, -0.2) is 0 Å². The summed E-state index contributed by atoms with van der Waals surface area (Å²) >= 11 is 0. The Morgan fingerprint density at radius 2 is 1.88 bits per heavy atom. The van der Waals surface area contributed by atoms with E-state index in [-0.39, 0.29) is 24.3 Å². The second kappa shape index (κ2) is 6.59. The van der Waals surface area contributed by atoms with Crippen molar-refractivity contribution >= 4 is 17.6 Å². The summed E-state index contributed by atoms with van der Waals surface area (Å²) < 4.78 is 0. The average Bonchev–Trinajstić information content (AvgIpc) is 2.59. The molecule has 0 aromatic heterocycles. The van der Waals surface area contributed by atoms with Crippen LogP contribution in [0.5, 0.6) is 0 Å². The van der Waals surface area contributed by atoms with Gasteiger partial charge in [0.25, 0.3) is 11.6 Å². The van der Waals surface area contributed by atoms with Crippen molar-refractivity contribution in [3.8, 4) is 0 Å². The topological polar surface area (TPSA) is 101 Å². The van der Waals surface area contributed by atoms with Crippen molar-refractivity contribution in [1.82, 2.24) is 4.90 Å². The largest absolute Gasteiger partial charge is 0.481 e. The lowest BCUT2D eigenvalue weighted by Crippen LogP contribution is -2.40. The quantitative estimate of drug-likeness (QED) is 0.674. The van der Waals surface area contributed by atoms with E-state index >= 15 is 0 Å². The van der Waals surface area contributed by atoms with Crippen molar-refractivity contribution in [1.29, 1.82) is 0 Å². The van der Waals surface area contributed by atoms with E-state index < -0.39 is 22.7 Å². The van der Waals surface area contributed by atoms with Crippen molar-refractivity contribution in [2.45, 2.75) is 26.3 Å². The molecule has 1 N–H and O–H groups in total. The number of carbonyl (C=O) groups is 2. The fraction of sp³-hybridized carbons (Fsp3) is 0.263. The first kappa shape index (κ1) is 17.6. The molecule has 0 radical (unpaired) electrons. The Labute approximate surface area is 150 Å². The van der Waals surface area contributed by atoms with Gasteiger partial charge in [-0.05, 0) is 36.6 Å². The number of amides is 1. The fourth-order valence-corrected chi connectivity index (χ4v) is 3.41. The lowest BCUT2D eigenvalue weighted by atomic mass is 9.89. The number of rotatable bonds is 3. The molecule has 1 amide bonds. The first-order valence-corrected chi connectivity index (χ1v) is 8.15. The zero-order chi connectivity index (χ0) is 19.0. The molecule has 7 heteroatoms. The zero-order valence-corrected chi connectivity index (χ0v) is 14.4. The van der Waals surface area contributed by atoms with Crippen molar-refractivity contribution in [3.05, 3.63) is 74.3 Å². The molecule has 1 aliphatic heterocycles. The van der Waals surface area contributed by atoms with E-state index in [2.05, 4.69) is 0 Å². The lowest BCUT2D eigenvalue weighted by molar-refractivity contribution is -0.385. The third kappa shape index (κ3) is 3.03. The number of aryl methyl sites for hydroxylation is 2. The van der Waals surface area contributed by atoms with Gasteiger partial charge in [-0.2, -0.15) is 0 Å². The standard InChI is InChI=1S/C19H18N2O5/c1-11-7-12(2)17(21(25)26)8-15(11)18(22)20-9-13-5-3-4-6-14(13)16(10-20)19(23)24/h3-8,16H,9-10H2,1-2H3,(H,23,24). The van der Waals surface area contributed by atoms with Gasteiger partial charge < -0.3 is 10.0 Å². The van der Waals surface area contributed by atoms with Crippen LogP contribution in [0.25, 0.3) is 0 Å². The van der Waals surface area contributed by atoms with Gasteiger partial charge in [-0.15, -0.1) is 0 Å². The third-order valence-electron chi connectivity index (χ3n) is 4.75. The Hall–Kier alpha value is -3.22. The molecule has 7 nitrogen and oxygen atoms in total. The van der Waals surface area contributed by atoms with Gasteiger partial charge in [0.1, 0.15) is 0 Å². The first-order valence-electron chi connectivity index (χ1n) is 8.15. The highest BCUT2D eigenvalue weighted by molar-refractivity contribution is 5.97. The highest BCUT2D eigenvalue weighted by atomic mass is 16.6. The molecule has 3 rings (SSSR count). The van der Waals surface area contributed by atoms with Crippen LogP contribution in [0, 0.1) is 24.0 Å². The van der Waals surface area contributed by atoms with Gasteiger partial charge in [0.05, 0.1) is 10.8 Å². The van der Waals surface area contributed by atoms with E-state index in [9.17, 15) is 24.8 Å². The smallest absolute Gasteiger partial charge is 0.312 e. The van der Waals surface area contributed by atoms with Crippen LogP contribution in [0.15, 0.2) is 36.4 Å². The Bertz CT molecular complexity index is 922. The van der Waals surface area contributed by atoms with Gasteiger partial charge >= 0.3 is 5.97 Å². The predicted octanol–water partition coefficient (Wildman–Crippen LogP) is 3.04. The molecular formula is C19H18N2O5. The van der Waals surface area contributed by atoms with E-state index in [0.29, 0.717) is 16.7 Å². The second-order valence-electron chi connectivity index (χ2n) is 6.49. The summed E-state index contributed by atoms with van der Waals surface area (Å²) in [4.78, 5) is 36.8. The number of nitro benzene ring substituents is 1. The Balaban J connectivity index is 2.00. The maximum Gasteiger partial charge on any atom is 0.312 e.